The summed E-state index contributed by atoms with van der Waals surface area (Å²) in [5.74, 6) is 3.42. The van der Waals surface area contributed by atoms with Crippen molar-refractivity contribution in [1.82, 2.24) is 29.5 Å². The lowest BCUT2D eigenvalue weighted by atomic mass is 9.97. The van der Waals surface area contributed by atoms with Gasteiger partial charge in [0.25, 0.3) is 0 Å². The lowest BCUT2D eigenvalue weighted by Gasteiger charge is -2.31. The van der Waals surface area contributed by atoms with Crippen molar-refractivity contribution in [1.29, 1.82) is 0 Å². The number of piperidine rings is 1. The number of nitrogens with zero attached hydrogens (tertiary/aromatic N) is 6. The molecule has 2 saturated heterocycles. The number of hydrogen-bond donors (Lipinski definition) is 0. The van der Waals surface area contributed by atoms with Gasteiger partial charge in [-0.05, 0) is 45.3 Å². The summed E-state index contributed by atoms with van der Waals surface area (Å²) in [5, 5.41) is 9.04. The maximum Gasteiger partial charge on any atom is 0.191 e. The highest BCUT2D eigenvalue weighted by molar-refractivity contribution is 5.05. The Hall–Kier alpha value is -1.73. The highest BCUT2D eigenvalue weighted by Gasteiger charge is 2.27. The van der Waals surface area contributed by atoms with E-state index in [9.17, 15) is 0 Å². The maximum absolute atomic E-state index is 5.33. The second kappa shape index (κ2) is 7.25. The summed E-state index contributed by atoms with van der Waals surface area (Å²) >= 11 is 0. The fraction of sp³-hybridized carbons (Fsp3) is 0.722. The third-order valence-corrected chi connectivity index (χ3v) is 5.49. The first kappa shape index (κ1) is 16.7. The first-order chi connectivity index (χ1) is 12.2. The molecule has 7 heteroatoms. The number of aryl methyl sites for hydroxylation is 1. The Balaban J connectivity index is 1.41. The molecule has 2 fully saturated rings. The van der Waals surface area contributed by atoms with Crippen LogP contribution in [0, 0.1) is 6.92 Å². The van der Waals surface area contributed by atoms with Crippen molar-refractivity contribution in [2.75, 3.05) is 26.2 Å². The molecule has 4 rings (SSSR count). The third kappa shape index (κ3) is 3.77. The van der Waals surface area contributed by atoms with Gasteiger partial charge in [-0.2, -0.15) is 0 Å². The summed E-state index contributed by atoms with van der Waals surface area (Å²) in [5.41, 5.74) is 1.02. The Bertz CT molecular complexity index is 702. The minimum atomic E-state index is 0.451. The molecular weight excluding hydrogens is 316 g/mol. The van der Waals surface area contributed by atoms with Crippen LogP contribution in [0.25, 0.3) is 0 Å². The lowest BCUT2D eigenvalue weighted by molar-refractivity contribution is 0.192. The molecule has 1 atom stereocenters. The van der Waals surface area contributed by atoms with Crippen molar-refractivity contribution in [2.24, 2.45) is 7.05 Å². The van der Waals surface area contributed by atoms with Crippen LogP contribution in [-0.4, -0.2) is 55.7 Å². The maximum atomic E-state index is 5.33. The zero-order chi connectivity index (χ0) is 17.2. The van der Waals surface area contributed by atoms with E-state index in [1.54, 1.807) is 6.26 Å². The molecule has 2 aliphatic heterocycles. The van der Waals surface area contributed by atoms with E-state index in [4.69, 9.17) is 4.42 Å². The quantitative estimate of drug-likeness (QED) is 0.828. The lowest BCUT2D eigenvalue weighted by Crippen LogP contribution is -2.35. The van der Waals surface area contributed by atoms with Crippen molar-refractivity contribution in [3.8, 4) is 0 Å². The van der Waals surface area contributed by atoms with Crippen LogP contribution in [0.2, 0.25) is 0 Å². The summed E-state index contributed by atoms with van der Waals surface area (Å²) in [6.45, 7) is 8.18. The Kier molecular flexibility index (Phi) is 4.85. The smallest absolute Gasteiger partial charge is 0.191 e. The molecule has 7 nitrogen and oxygen atoms in total. The largest absolute Gasteiger partial charge is 0.449 e. The average molecular weight is 344 g/mol. The number of likely N-dealkylation sites (tertiary alicyclic amines) is 2. The topological polar surface area (TPSA) is 63.2 Å². The first-order valence-electron chi connectivity index (χ1n) is 9.43. The van der Waals surface area contributed by atoms with Gasteiger partial charge in [-0.1, -0.05) is 0 Å². The van der Waals surface area contributed by atoms with Gasteiger partial charge in [0, 0.05) is 33.0 Å². The first-order valence-corrected chi connectivity index (χ1v) is 9.43. The van der Waals surface area contributed by atoms with E-state index in [1.165, 1.54) is 38.8 Å². The molecule has 4 heterocycles. The predicted octanol–water partition coefficient (Wildman–Crippen LogP) is 2.09. The van der Waals surface area contributed by atoms with Crippen LogP contribution < -0.4 is 0 Å². The number of aromatic nitrogens is 4. The van der Waals surface area contributed by atoms with E-state index >= 15 is 0 Å². The molecule has 2 aliphatic rings. The molecule has 0 amide bonds. The highest BCUT2D eigenvalue weighted by atomic mass is 16.3. The van der Waals surface area contributed by atoms with Crippen LogP contribution in [0.5, 0.6) is 0 Å². The van der Waals surface area contributed by atoms with Crippen LogP contribution in [0.15, 0.2) is 10.7 Å². The molecule has 0 spiro atoms. The third-order valence-electron chi connectivity index (χ3n) is 5.49. The fourth-order valence-electron chi connectivity index (χ4n) is 4.13. The van der Waals surface area contributed by atoms with E-state index < -0.39 is 0 Å². The van der Waals surface area contributed by atoms with Gasteiger partial charge < -0.3 is 8.98 Å². The van der Waals surface area contributed by atoms with Gasteiger partial charge in [0.2, 0.25) is 0 Å². The standard InChI is InChI=1S/C18H28N6O/c1-14-19-16(13-25-14)11-24-9-5-6-15(10-24)18-21-20-17(22(18)2)12-23-7-3-4-8-23/h13,15H,3-12H2,1-2H3/t15-/m0/s1. The Morgan fingerprint density at radius 3 is 2.64 bits per heavy atom. The van der Waals surface area contributed by atoms with E-state index in [-0.39, 0.29) is 0 Å². The number of rotatable bonds is 5. The predicted molar refractivity (Wildman–Crippen MR) is 94.0 cm³/mol. The number of hydrogen-bond acceptors (Lipinski definition) is 6. The summed E-state index contributed by atoms with van der Waals surface area (Å²) < 4.78 is 7.56. The Morgan fingerprint density at radius 2 is 1.88 bits per heavy atom. The van der Waals surface area contributed by atoms with E-state index in [0.717, 1.165) is 49.4 Å². The zero-order valence-electron chi connectivity index (χ0n) is 15.3. The van der Waals surface area contributed by atoms with Crippen LogP contribution in [0.1, 0.15) is 54.8 Å². The van der Waals surface area contributed by atoms with Gasteiger partial charge in [-0.3, -0.25) is 9.80 Å². The molecule has 0 N–H and O–H groups in total. The van der Waals surface area contributed by atoms with Crippen molar-refractivity contribution in [3.05, 3.63) is 29.5 Å². The summed E-state index contributed by atoms with van der Waals surface area (Å²) in [6.07, 6.45) is 6.77. The van der Waals surface area contributed by atoms with Crippen molar-refractivity contribution in [2.45, 2.75) is 51.6 Å². The molecule has 0 unspecified atom stereocenters. The Labute approximate surface area is 149 Å². The fourth-order valence-corrected chi connectivity index (χ4v) is 4.13. The van der Waals surface area contributed by atoms with Crippen LogP contribution in [-0.2, 0) is 20.1 Å². The minimum absolute atomic E-state index is 0.451. The molecule has 0 radical (unpaired) electrons. The summed E-state index contributed by atoms with van der Waals surface area (Å²) in [6, 6.07) is 0. The number of oxazole rings is 1. The van der Waals surface area contributed by atoms with Crippen LogP contribution in [0.3, 0.4) is 0 Å². The average Bonchev–Trinajstić information content (AvgIpc) is 3.33. The van der Waals surface area contributed by atoms with Gasteiger partial charge >= 0.3 is 0 Å². The molecule has 0 saturated carbocycles. The Morgan fingerprint density at radius 1 is 1.08 bits per heavy atom. The van der Waals surface area contributed by atoms with Gasteiger partial charge in [0.15, 0.2) is 5.89 Å². The van der Waals surface area contributed by atoms with E-state index in [0.29, 0.717) is 5.92 Å². The van der Waals surface area contributed by atoms with Gasteiger partial charge in [0.05, 0.1) is 12.2 Å². The molecule has 25 heavy (non-hydrogen) atoms. The monoisotopic (exact) mass is 344 g/mol. The molecule has 0 aromatic carbocycles. The van der Waals surface area contributed by atoms with Gasteiger partial charge in [-0.15, -0.1) is 10.2 Å². The van der Waals surface area contributed by atoms with Crippen molar-refractivity contribution in [3.63, 3.8) is 0 Å². The molecule has 2 aromatic rings. The van der Waals surface area contributed by atoms with Crippen LogP contribution in [0.4, 0.5) is 0 Å². The van der Waals surface area contributed by atoms with Crippen LogP contribution >= 0.6 is 0 Å². The highest BCUT2D eigenvalue weighted by Crippen LogP contribution is 2.27. The van der Waals surface area contributed by atoms with E-state index in [2.05, 4.69) is 36.6 Å². The molecule has 0 aliphatic carbocycles. The van der Waals surface area contributed by atoms with E-state index in [1.807, 2.05) is 6.92 Å². The normalized spacial score (nSPS) is 22.7. The second-order valence-corrected chi connectivity index (χ2v) is 7.45. The molecule has 0 bridgehead atoms. The summed E-state index contributed by atoms with van der Waals surface area (Å²) in [4.78, 5) is 9.37. The SMILES string of the molecule is Cc1nc(CN2CCC[C@H](c3nnc(CN4CCCC4)n3C)C2)co1. The molecule has 2 aromatic heterocycles. The zero-order valence-corrected chi connectivity index (χ0v) is 15.3. The van der Waals surface area contributed by atoms with Crippen molar-refractivity contribution < 1.29 is 4.42 Å². The van der Waals surface area contributed by atoms with Crippen molar-refractivity contribution >= 4 is 0 Å². The molecular formula is C18H28N6O. The van der Waals surface area contributed by atoms with Gasteiger partial charge in [0.1, 0.15) is 17.9 Å². The minimum Gasteiger partial charge on any atom is -0.449 e. The summed E-state index contributed by atoms with van der Waals surface area (Å²) in [7, 11) is 2.13. The second-order valence-electron chi connectivity index (χ2n) is 7.45. The van der Waals surface area contributed by atoms with Gasteiger partial charge in [-0.25, -0.2) is 4.98 Å². The molecule has 136 valence electrons.